The van der Waals surface area contributed by atoms with Crippen LogP contribution in [0.25, 0.3) is 0 Å². The molecule has 0 aliphatic heterocycles. The number of benzene rings is 1. The summed E-state index contributed by atoms with van der Waals surface area (Å²) in [5.74, 6) is 0. The topological polar surface area (TPSA) is 40.5 Å². The number of hydrogen-bond acceptors (Lipinski definition) is 2. The van der Waals surface area contributed by atoms with Crippen molar-refractivity contribution in [1.29, 1.82) is 0 Å². The lowest BCUT2D eigenvalue weighted by Gasteiger charge is -2.08. The van der Waals surface area contributed by atoms with Gasteiger partial charge in [-0.15, -0.1) is 11.6 Å². The molecular formula is C9H9ClO2. The highest BCUT2D eigenvalue weighted by Crippen LogP contribution is 2.41. The number of hydrogen-bond donors (Lipinski definition) is 2. The number of aliphatic hydroxyl groups excluding tert-OH is 2. The van der Waals surface area contributed by atoms with Gasteiger partial charge in [0.05, 0.1) is 17.6 Å². The van der Waals surface area contributed by atoms with Crippen LogP contribution in [0, 0.1) is 0 Å². The van der Waals surface area contributed by atoms with E-state index in [1.165, 1.54) is 0 Å². The maximum atomic E-state index is 9.53. The Morgan fingerprint density at radius 3 is 1.83 bits per heavy atom. The Balaban J connectivity index is 2.52. The van der Waals surface area contributed by atoms with Crippen LogP contribution in [0.2, 0.25) is 0 Å². The van der Waals surface area contributed by atoms with Gasteiger partial charge in [-0.2, -0.15) is 0 Å². The van der Waals surface area contributed by atoms with Crippen LogP contribution in [0.4, 0.5) is 0 Å². The molecular weight excluding hydrogens is 176 g/mol. The normalized spacial score (nSPS) is 28.9. The van der Waals surface area contributed by atoms with Crippen molar-refractivity contribution in [3.05, 3.63) is 35.4 Å². The molecule has 0 spiro atoms. The summed E-state index contributed by atoms with van der Waals surface area (Å²) in [6, 6.07) is 7.21. The van der Waals surface area contributed by atoms with E-state index in [0.717, 1.165) is 11.1 Å². The van der Waals surface area contributed by atoms with Gasteiger partial charge in [0.15, 0.2) is 0 Å². The molecule has 1 aliphatic carbocycles. The monoisotopic (exact) mass is 184 g/mol. The third-order valence-corrected chi connectivity index (χ3v) is 2.71. The van der Waals surface area contributed by atoms with Crippen molar-refractivity contribution in [2.45, 2.75) is 17.6 Å². The maximum absolute atomic E-state index is 9.53. The minimum atomic E-state index is -0.738. The Hall–Kier alpha value is -0.570. The van der Waals surface area contributed by atoms with E-state index in [0.29, 0.717) is 0 Å². The molecule has 0 bridgehead atoms. The molecule has 0 saturated carbocycles. The second-order valence-corrected chi connectivity index (χ2v) is 3.47. The van der Waals surface area contributed by atoms with Gasteiger partial charge in [0, 0.05) is 0 Å². The lowest BCUT2D eigenvalue weighted by atomic mass is 10.1. The molecule has 0 radical (unpaired) electrons. The van der Waals surface area contributed by atoms with E-state index in [-0.39, 0.29) is 0 Å². The number of fused-ring (bicyclic) bond motifs is 1. The summed E-state index contributed by atoms with van der Waals surface area (Å²) < 4.78 is 0. The molecule has 1 aromatic rings. The first kappa shape index (κ1) is 8.05. The van der Waals surface area contributed by atoms with Crippen molar-refractivity contribution >= 4 is 11.6 Å². The van der Waals surface area contributed by atoms with E-state index in [1.54, 1.807) is 12.1 Å². The third-order valence-electron chi connectivity index (χ3n) is 2.24. The number of rotatable bonds is 0. The van der Waals surface area contributed by atoms with Gasteiger partial charge >= 0.3 is 0 Å². The van der Waals surface area contributed by atoms with E-state index in [2.05, 4.69) is 0 Å². The summed E-state index contributed by atoms with van der Waals surface area (Å²) in [7, 11) is 0. The Bertz CT molecular complexity index is 271. The third kappa shape index (κ3) is 0.959. The van der Waals surface area contributed by atoms with Crippen molar-refractivity contribution in [1.82, 2.24) is 0 Å². The number of alkyl halides is 1. The predicted octanol–water partition coefficient (Wildman–Crippen LogP) is 1.37. The molecule has 3 heteroatoms. The van der Waals surface area contributed by atoms with Crippen LogP contribution >= 0.6 is 11.6 Å². The average Bonchev–Trinajstić information content (AvgIpc) is 2.33. The SMILES string of the molecule is O[C@H]1c2ccccc2[C@H](O)C1Cl. The molecule has 2 atom stereocenters. The summed E-state index contributed by atoms with van der Waals surface area (Å²) in [6.45, 7) is 0. The first-order valence-electron chi connectivity index (χ1n) is 3.81. The van der Waals surface area contributed by atoms with Crippen LogP contribution in [-0.4, -0.2) is 15.6 Å². The van der Waals surface area contributed by atoms with Crippen LogP contribution in [-0.2, 0) is 0 Å². The minimum Gasteiger partial charge on any atom is -0.387 e. The van der Waals surface area contributed by atoms with E-state index >= 15 is 0 Å². The van der Waals surface area contributed by atoms with Crippen LogP contribution in [0.5, 0.6) is 0 Å². The zero-order chi connectivity index (χ0) is 8.72. The van der Waals surface area contributed by atoms with Crippen molar-refractivity contribution in [3.8, 4) is 0 Å². The van der Waals surface area contributed by atoms with Crippen LogP contribution < -0.4 is 0 Å². The summed E-state index contributed by atoms with van der Waals surface area (Å²) in [5.41, 5.74) is 1.48. The highest BCUT2D eigenvalue weighted by atomic mass is 35.5. The first-order valence-corrected chi connectivity index (χ1v) is 4.24. The molecule has 0 saturated heterocycles. The van der Waals surface area contributed by atoms with Gasteiger partial charge in [0.25, 0.3) is 0 Å². The highest BCUT2D eigenvalue weighted by Gasteiger charge is 2.36. The van der Waals surface area contributed by atoms with Crippen molar-refractivity contribution < 1.29 is 10.2 Å². The largest absolute Gasteiger partial charge is 0.387 e. The summed E-state index contributed by atoms with van der Waals surface area (Å²) >= 11 is 5.78. The Kier molecular flexibility index (Phi) is 1.83. The molecule has 64 valence electrons. The van der Waals surface area contributed by atoms with Gasteiger partial charge in [-0.25, -0.2) is 0 Å². The standard InChI is InChI=1S/C9H9ClO2/c10-7-8(11)5-3-1-2-4-6(5)9(7)12/h1-4,7-9,11-12H/t8-,9-/m0/s1. The summed E-state index contributed by atoms with van der Waals surface area (Å²) in [5, 5.41) is 18.4. The fourth-order valence-corrected chi connectivity index (χ4v) is 1.84. The lowest BCUT2D eigenvalue weighted by molar-refractivity contribution is 0.112. The minimum absolute atomic E-state index is 0.609. The molecule has 0 amide bonds. The van der Waals surface area contributed by atoms with Crippen molar-refractivity contribution in [3.63, 3.8) is 0 Å². The molecule has 0 fully saturated rings. The van der Waals surface area contributed by atoms with E-state index < -0.39 is 17.6 Å². The fourth-order valence-electron chi connectivity index (χ4n) is 1.57. The van der Waals surface area contributed by atoms with Gasteiger partial charge in [0.1, 0.15) is 0 Å². The lowest BCUT2D eigenvalue weighted by Crippen LogP contribution is -2.10. The van der Waals surface area contributed by atoms with E-state index in [1.807, 2.05) is 12.1 Å². The molecule has 2 nitrogen and oxygen atoms in total. The molecule has 1 aromatic carbocycles. The average molecular weight is 185 g/mol. The molecule has 12 heavy (non-hydrogen) atoms. The molecule has 2 rings (SSSR count). The summed E-state index contributed by atoms with van der Waals surface area (Å²) in [6.07, 6.45) is -1.48. The second-order valence-electron chi connectivity index (χ2n) is 2.96. The molecule has 2 N–H and O–H groups in total. The smallest absolute Gasteiger partial charge is 0.0985 e. The first-order chi connectivity index (χ1) is 5.72. The van der Waals surface area contributed by atoms with Crippen LogP contribution in [0.3, 0.4) is 0 Å². The van der Waals surface area contributed by atoms with Crippen molar-refractivity contribution in [2.75, 3.05) is 0 Å². The van der Waals surface area contributed by atoms with Gasteiger partial charge in [-0.1, -0.05) is 24.3 Å². The van der Waals surface area contributed by atoms with Gasteiger partial charge in [-0.05, 0) is 11.1 Å². The molecule has 1 aliphatic rings. The number of aliphatic hydroxyl groups is 2. The van der Waals surface area contributed by atoms with Crippen LogP contribution in [0.15, 0.2) is 24.3 Å². The zero-order valence-electron chi connectivity index (χ0n) is 6.31. The second kappa shape index (κ2) is 2.73. The maximum Gasteiger partial charge on any atom is 0.0985 e. The Morgan fingerprint density at radius 2 is 1.42 bits per heavy atom. The Morgan fingerprint density at radius 1 is 1.00 bits per heavy atom. The zero-order valence-corrected chi connectivity index (χ0v) is 7.07. The quantitative estimate of drug-likeness (QED) is 0.598. The highest BCUT2D eigenvalue weighted by molar-refractivity contribution is 6.21. The molecule has 0 aromatic heterocycles. The predicted molar refractivity (Wildman–Crippen MR) is 46.0 cm³/mol. The van der Waals surface area contributed by atoms with E-state index in [9.17, 15) is 10.2 Å². The molecule has 0 unspecified atom stereocenters. The van der Waals surface area contributed by atoms with E-state index in [4.69, 9.17) is 11.6 Å². The van der Waals surface area contributed by atoms with Gasteiger partial charge in [0.2, 0.25) is 0 Å². The fraction of sp³-hybridized carbons (Fsp3) is 0.333. The van der Waals surface area contributed by atoms with Gasteiger partial charge in [-0.3, -0.25) is 0 Å². The van der Waals surface area contributed by atoms with Gasteiger partial charge < -0.3 is 10.2 Å². The van der Waals surface area contributed by atoms with Crippen LogP contribution in [0.1, 0.15) is 23.3 Å². The summed E-state index contributed by atoms with van der Waals surface area (Å²) in [4.78, 5) is 0. The number of halogens is 1. The van der Waals surface area contributed by atoms with Crippen molar-refractivity contribution in [2.24, 2.45) is 0 Å². The Labute approximate surface area is 75.4 Å². The molecule has 0 heterocycles.